The van der Waals surface area contributed by atoms with Crippen molar-refractivity contribution in [2.45, 2.75) is 31.3 Å². The van der Waals surface area contributed by atoms with Crippen LogP contribution in [0.5, 0.6) is 0 Å². The zero-order valence-electron chi connectivity index (χ0n) is 8.20. The van der Waals surface area contributed by atoms with Crippen molar-refractivity contribution >= 4 is 5.91 Å². The van der Waals surface area contributed by atoms with E-state index in [1.807, 2.05) is 0 Å². The number of allylic oxidation sites excluding steroid dienone is 1. The van der Waals surface area contributed by atoms with Crippen molar-refractivity contribution in [3.8, 4) is 0 Å². The molecule has 2 aliphatic carbocycles. The second-order valence-electron chi connectivity index (χ2n) is 4.72. The van der Waals surface area contributed by atoms with E-state index in [9.17, 15) is 4.79 Å². The third-order valence-electron chi connectivity index (χ3n) is 3.79. The Bertz CT molecular complexity index is 287. The Morgan fingerprint density at radius 2 is 2.43 bits per heavy atom. The van der Waals surface area contributed by atoms with Crippen molar-refractivity contribution in [2.24, 2.45) is 11.8 Å². The highest BCUT2D eigenvalue weighted by molar-refractivity contribution is 5.78. The first-order valence-electron chi connectivity index (χ1n) is 5.52. The van der Waals surface area contributed by atoms with Gasteiger partial charge in [-0.05, 0) is 24.7 Å². The molecule has 3 nitrogen and oxygen atoms in total. The van der Waals surface area contributed by atoms with Crippen LogP contribution in [0.2, 0.25) is 0 Å². The van der Waals surface area contributed by atoms with Crippen molar-refractivity contribution < 1.29 is 4.79 Å². The van der Waals surface area contributed by atoms with Gasteiger partial charge in [-0.15, -0.1) is 0 Å². The van der Waals surface area contributed by atoms with Crippen LogP contribution in [0.3, 0.4) is 0 Å². The first-order valence-corrected chi connectivity index (χ1v) is 5.52. The van der Waals surface area contributed by atoms with E-state index in [1.54, 1.807) is 0 Å². The molecule has 2 N–H and O–H groups in total. The Hall–Kier alpha value is -0.830. The van der Waals surface area contributed by atoms with E-state index in [0.717, 1.165) is 18.4 Å². The standard InChI is InChI=1S/C11H16N2O/c14-11-5-8(6-12-11)13-10-4-7-2-1-3-9(7)10/h1,3,7-10,13H,2,4-6H2,(H,12,14). The third-order valence-corrected chi connectivity index (χ3v) is 3.79. The molecule has 3 heteroatoms. The number of hydrogen-bond acceptors (Lipinski definition) is 2. The molecule has 0 aromatic heterocycles. The van der Waals surface area contributed by atoms with Crippen molar-refractivity contribution in [3.63, 3.8) is 0 Å². The third kappa shape index (κ3) is 1.27. The van der Waals surface area contributed by atoms with Crippen molar-refractivity contribution in [2.75, 3.05) is 6.54 Å². The zero-order chi connectivity index (χ0) is 9.54. The normalized spacial score (nSPS) is 44.7. The van der Waals surface area contributed by atoms with Crippen molar-refractivity contribution in [1.82, 2.24) is 10.6 Å². The lowest BCUT2D eigenvalue weighted by Gasteiger charge is -2.42. The Balaban J connectivity index is 1.54. The van der Waals surface area contributed by atoms with Gasteiger partial charge in [-0.25, -0.2) is 0 Å². The van der Waals surface area contributed by atoms with Crippen LogP contribution in [0, 0.1) is 11.8 Å². The minimum Gasteiger partial charge on any atom is -0.354 e. The minimum absolute atomic E-state index is 0.195. The highest BCUT2D eigenvalue weighted by Crippen LogP contribution is 2.42. The number of carbonyl (C=O) groups is 1. The molecule has 0 aromatic rings. The Morgan fingerprint density at radius 1 is 1.50 bits per heavy atom. The van der Waals surface area contributed by atoms with E-state index < -0.39 is 0 Å². The molecule has 1 heterocycles. The number of rotatable bonds is 2. The van der Waals surface area contributed by atoms with Crippen LogP contribution in [0.15, 0.2) is 12.2 Å². The second-order valence-corrected chi connectivity index (χ2v) is 4.72. The monoisotopic (exact) mass is 192 g/mol. The molecule has 1 aliphatic heterocycles. The van der Waals surface area contributed by atoms with E-state index in [-0.39, 0.29) is 5.91 Å². The molecule has 3 rings (SSSR count). The van der Waals surface area contributed by atoms with E-state index in [0.29, 0.717) is 18.5 Å². The summed E-state index contributed by atoms with van der Waals surface area (Å²) in [7, 11) is 0. The molecule has 2 fully saturated rings. The van der Waals surface area contributed by atoms with Gasteiger partial charge in [0.1, 0.15) is 0 Å². The van der Waals surface area contributed by atoms with Crippen LogP contribution in [0.1, 0.15) is 19.3 Å². The highest BCUT2D eigenvalue weighted by Gasteiger charge is 2.42. The molecule has 4 unspecified atom stereocenters. The lowest BCUT2D eigenvalue weighted by molar-refractivity contribution is -0.119. The van der Waals surface area contributed by atoms with Gasteiger partial charge in [-0.1, -0.05) is 12.2 Å². The number of fused-ring (bicyclic) bond motifs is 1. The van der Waals surface area contributed by atoms with E-state index >= 15 is 0 Å². The molecule has 4 atom stereocenters. The van der Waals surface area contributed by atoms with Crippen LogP contribution < -0.4 is 10.6 Å². The average Bonchev–Trinajstić information content (AvgIpc) is 2.68. The van der Waals surface area contributed by atoms with E-state index in [1.165, 1.54) is 12.8 Å². The van der Waals surface area contributed by atoms with Crippen LogP contribution in [0.4, 0.5) is 0 Å². The maximum atomic E-state index is 11.0. The molecular weight excluding hydrogens is 176 g/mol. The first kappa shape index (κ1) is 8.48. The van der Waals surface area contributed by atoms with Gasteiger partial charge in [0, 0.05) is 25.0 Å². The number of amides is 1. The summed E-state index contributed by atoms with van der Waals surface area (Å²) in [5, 5.41) is 6.45. The molecule has 14 heavy (non-hydrogen) atoms. The Kier molecular flexibility index (Phi) is 1.87. The molecule has 3 aliphatic rings. The molecule has 1 saturated carbocycles. The van der Waals surface area contributed by atoms with Gasteiger partial charge in [0.15, 0.2) is 0 Å². The van der Waals surface area contributed by atoms with Gasteiger partial charge < -0.3 is 10.6 Å². The van der Waals surface area contributed by atoms with Crippen LogP contribution >= 0.6 is 0 Å². The molecule has 76 valence electrons. The van der Waals surface area contributed by atoms with Crippen LogP contribution in [-0.2, 0) is 4.79 Å². The minimum atomic E-state index is 0.195. The van der Waals surface area contributed by atoms with E-state index in [2.05, 4.69) is 22.8 Å². The first-order chi connectivity index (χ1) is 6.83. The number of carbonyl (C=O) groups excluding carboxylic acids is 1. The summed E-state index contributed by atoms with van der Waals surface area (Å²) in [6.45, 7) is 0.816. The number of nitrogens with one attached hydrogen (secondary N) is 2. The average molecular weight is 192 g/mol. The SMILES string of the molecule is O=C1CC(NC2CC3CC=CC32)CN1. The maximum absolute atomic E-state index is 11.0. The summed E-state index contributed by atoms with van der Waals surface area (Å²) in [5.74, 6) is 1.85. The fourth-order valence-electron chi connectivity index (χ4n) is 2.93. The fourth-order valence-corrected chi connectivity index (χ4v) is 2.93. The second kappa shape index (κ2) is 3.09. The smallest absolute Gasteiger partial charge is 0.221 e. The molecule has 1 amide bonds. The van der Waals surface area contributed by atoms with E-state index in [4.69, 9.17) is 0 Å². The Labute approximate surface area is 83.9 Å². The molecular formula is C11H16N2O. The van der Waals surface area contributed by atoms with Gasteiger partial charge in [0.05, 0.1) is 0 Å². The zero-order valence-corrected chi connectivity index (χ0v) is 8.20. The van der Waals surface area contributed by atoms with Gasteiger partial charge in [0.25, 0.3) is 0 Å². The lowest BCUT2D eigenvalue weighted by atomic mass is 9.71. The predicted molar refractivity (Wildman–Crippen MR) is 53.7 cm³/mol. The molecule has 0 spiro atoms. The summed E-state index contributed by atoms with van der Waals surface area (Å²) in [6.07, 6.45) is 7.87. The molecule has 0 radical (unpaired) electrons. The molecule has 1 saturated heterocycles. The topological polar surface area (TPSA) is 41.1 Å². The van der Waals surface area contributed by atoms with Crippen LogP contribution in [0.25, 0.3) is 0 Å². The van der Waals surface area contributed by atoms with Crippen molar-refractivity contribution in [1.29, 1.82) is 0 Å². The van der Waals surface area contributed by atoms with Gasteiger partial charge in [-0.2, -0.15) is 0 Å². The molecule has 0 aromatic carbocycles. The molecule has 0 bridgehead atoms. The highest BCUT2D eigenvalue weighted by atomic mass is 16.1. The lowest BCUT2D eigenvalue weighted by Crippen LogP contribution is -2.52. The summed E-state index contributed by atoms with van der Waals surface area (Å²) < 4.78 is 0. The summed E-state index contributed by atoms with van der Waals surface area (Å²) in [6, 6.07) is 1.01. The maximum Gasteiger partial charge on any atom is 0.221 e. The van der Waals surface area contributed by atoms with Crippen LogP contribution in [-0.4, -0.2) is 24.5 Å². The van der Waals surface area contributed by atoms with Gasteiger partial charge in [0.2, 0.25) is 5.91 Å². The predicted octanol–water partition coefficient (Wildman–Crippen LogP) is 0.429. The summed E-state index contributed by atoms with van der Waals surface area (Å²) in [5.41, 5.74) is 0. The van der Waals surface area contributed by atoms with Gasteiger partial charge >= 0.3 is 0 Å². The van der Waals surface area contributed by atoms with Gasteiger partial charge in [-0.3, -0.25) is 4.79 Å². The fraction of sp³-hybridized carbons (Fsp3) is 0.727. The van der Waals surface area contributed by atoms with Crippen molar-refractivity contribution in [3.05, 3.63) is 12.2 Å². The quantitative estimate of drug-likeness (QED) is 0.623. The summed E-state index contributed by atoms with van der Waals surface area (Å²) >= 11 is 0. The summed E-state index contributed by atoms with van der Waals surface area (Å²) in [4.78, 5) is 11.0. The number of hydrogen-bond donors (Lipinski definition) is 2. The largest absolute Gasteiger partial charge is 0.354 e. The Morgan fingerprint density at radius 3 is 3.14 bits per heavy atom.